The Bertz CT molecular complexity index is 1700. The Hall–Kier alpha value is -3.88. The first-order valence-corrected chi connectivity index (χ1v) is 17.3. The number of rotatable bonds is 11. The molecule has 1 fully saturated rings. The minimum atomic E-state index is -3.89. The molecule has 9 heteroatoms. The van der Waals surface area contributed by atoms with Crippen molar-refractivity contribution in [3.8, 4) is 0 Å². The predicted molar refractivity (Wildman–Crippen MR) is 177 cm³/mol. The van der Waals surface area contributed by atoms with Crippen LogP contribution < -0.4 is 9.62 Å². The number of carbonyl (C=O) groups is 2. The maximum Gasteiger partial charge on any atom is 0.244 e. The molecule has 0 saturated heterocycles. The van der Waals surface area contributed by atoms with Crippen molar-refractivity contribution in [2.75, 3.05) is 17.1 Å². The highest BCUT2D eigenvalue weighted by Gasteiger charge is 2.34. The molecule has 4 aromatic rings. The normalized spacial score (nSPS) is 14.6. The summed E-state index contributed by atoms with van der Waals surface area (Å²) in [4.78, 5) is 30.0. The fourth-order valence-electron chi connectivity index (χ4n) is 5.93. The second kappa shape index (κ2) is 14.3. The quantitative estimate of drug-likeness (QED) is 0.209. The zero-order chi connectivity index (χ0) is 31.1. The van der Waals surface area contributed by atoms with E-state index < -0.39 is 28.5 Å². The van der Waals surface area contributed by atoms with Crippen LogP contribution in [-0.4, -0.2) is 50.0 Å². The highest BCUT2D eigenvalue weighted by molar-refractivity contribution is 7.92. The summed E-state index contributed by atoms with van der Waals surface area (Å²) in [5.74, 6) is -0.750. The van der Waals surface area contributed by atoms with E-state index in [2.05, 4.69) is 5.32 Å². The molecule has 1 aliphatic rings. The molecular weight excluding hydrogens is 594 g/mol. The average Bonchev–Trinajstić information content (AvgIpc) is 3.02. The number of hydrogen-bond donors (Lipinski definition) is 1. The number of nitrogens with zero attached hydrogens (tertiary/aromatic N) is 2. The highest BCUT2D eigenvalue weighted by Crippen LogP contribution is 2.29. The van der Waals surface area contributed by atoms with Gasteiger partial charge in [0, 0.05) is 29.4 Å². The van der Waals surface area contributed by atoms with Crippen LogP contribution in [-0.2, 0) is 32.6 Å². The number of hydrogen-bond acceptors (Lipinski definition) is 4. The molecule has 0 unspecified atom stereocenters. The second-order valence-electron chi connectivity index (χ2n) is 11.4. The van der Waals surface area contributed by atoms with Gasteiger partial charge in [-0.3, -0.25) is 13.9 Å². The Morgan fingerprint density at radius 3 is 2.25 bits per heavy atom. The van der Waals surface area contributed by atoms with E-state index in [4.69, 9.17) is 11.6 Å². The van der Waals surface area contributed by atoms with E-state index in [0.717, 1.165) is 53.6 Å². The molecule has 230 valence electrons. The zero-order valence-electron chi connectivity index (χ0n) is 24.9. The van der Waals surface area contributed by atoms with Crippen molar-refractivity contribution in [1.29, 1.82) is 0 Å². The Morgan fingerprint density at radius 1 is 0.864 bits per heavy atom. The van der Waals surface area contributed by atoms with Gasteiger partial charge in [-0.25, -0.2) is 8.42 Å². The van der Waals surface area contributed by atoms with Crippen molar-refractivity contribution in [2.24, 2.45) is 0 Å². The van der Waals surface area contributed by atoms with E-state index in [1.54, 1.807) is 24.3 Å². The maximum atomic E-state index is 14.5. The molecule has 0 spiro atoms. The average molecular weight is 632 g/mol. The number of fused-ring (bicyclic) bond motifs is 1. The van der Waals surface area contributed by atoms with Gasteiger partial charge in [0.2, 0.25) is 21.8 Å². The molecule has 1 N–H and O–H groups in total. The third-order valence-corrected chi connectivity index (χ3v) is 9.73. The molecule has 44 heavy (non-hydrogen) atoms. The lowest BCUT2D eigenvalue weighted by molar-refractivity contribution is -0.140. The van der Waals surface area contributed by atoms with Crippen LogP contribution >= 0.6 is 11.6 Å². The van der Waals surface area contributed by atoms with E-state index in [-0.39, 0.29) is 24.9 Å². The Balaban J connectivity index is 1.55. The largest absolute Gasteiger partial charge is 0.352 e. The van der Waals surface area contributed by atoms with E-state index in [0.29, 0.717) is 21.7 Å². The summed E-state index contributed by atoms with van der Waals surface area (Å²) in [5, 5.41) is 5.24. The molecule has 0 aliphatic heterocycles. The number of amides is 2. The van der Waals surface area contributed by atoms with E-state index in [9.17, 15) is 18.0 Å². The molecule has 4 aromatic carbocycles. The molecular formula is C35H38ClN3O4S. The molecule has 0 heterocycles. The van der Waals surface area contributed by atoms with Crippen molar-refractivity contribution in [1.82, 2.24) is 10.2 Å². The van der Waals surface area contributed by atoms with E-state index in [1.807, 2.05) is 72.8 Å². The smallest absolute Gasteiger partial charge is 0.244 e. The van der Waals surface area contributed by atoms with Gasteiger partial charge in [-0.1, -0.05) is 116 Å². The van der Waals surface area contributed by atoms with Crippen molar-refractivity contribution < 1.29 is 18.0 Å². The van der Waals surface area contributed by atoms with Crippen LogP contribution in [0.1, 0.15) is 43.2 Å². The van der Waals surface area contributed by atoms with Gasteiger partial charge in [0.1, 0.15) is 12.6 Å². The zero-order valence-corrected chi connectivity index (χ0v) is 26.4. The van der Waals surface area contributed by atoms with Gasteiger partial charge in [-0.05, 0) is 41.5 Å². The minimum Gasteiger partial charge on any atom is -0.352 e. The number of halogens is 1. The number of sulfonamides is 1. The Morgan fingerprint density at radius 2 is 1.52 bits per heavy atom. The van der Waals surface area contributed by atoms with Crippen LogP contribution in [0.2, 0.25) is 5.02 Å². The first-order chi connectivity index (χ1) is 21.2. The minimum absolute atomic E-state index is 0.0370. The number of benzene rings is 4. The van der Waals surface area contributed by atoms with Crippen molar-refractivity contribution in [3.63, 3.8) is 0 Å². The summed E-state index contributed by atoms with van der Waals surface area (Å²) >= 11 is 6.57. The van der Waals surface area contributed by atoms with Crippen molar-refractivity contribution in [3.05, 3.63) is 113 Å². The molecule has 5 rings (SSSR count). The summed E-state index contributed by atoms with van der Waals surface area (Å²) < 4.78 is 27.7. The predicted octanol–water partition coefficient (Wildman–Crippen LogP) is 6.35. The maximum absolute atomic E-state index is 14.5. The fourth-order valence-corrected chi connectivity index (χ4v) is 6.99. The van der Waals surface area contributed by atoms with Crippen LogP contribution in [0.15, 0.2) is 97.1 Å². The van der Waals surface area contributed by atoms with Crippen LogP contribution in [0, 0.1) is 0 Å². The van der Waals surface area contributed by atoms with Crippen LogP contribution in [0.4, 0.5) is 5.69 Å². The summed E-state index contributed by atoms with van der Waals surface area (Å²) in [6.07, 6.45) is 6.39. The molecule has 0 radical (unpaired) electrons. The number of nitrogens with one attached hydrogen (secondary N) is 1. The van der Waals surface area contributed by atoms with Gasteiger partial charge in [0.05, 0.1) is 11.9 Å². The van der Waals surface area contributed by atoms with E-state index in [1.165, 1.54) is 4.90 Å². The lowest BCUT2D eigenvalue weighted by atomic mass is 9.94. The molecule has 1 aliphatic carbocycles. The molecule has 7 nitrogen and oxygen atoms in total. The second-order valence-corrected chi connectivity index (χ2v) is 13.7. The molecule has 1 atom stereocenters. The summed E-state index contributed by atoms with van der Waals surface area (Å²) in [5.41, 5.74) is 1.97. The highest BCUT2D eigenvalue weighted by atomic mass is 35.5. The van der Waals surface area contributed by atoms with E-state index >= 15 is 0 Å². The fraction of sp³-hybridized carbons (Fsp3) is 0.314. The van der Waals surface area contributed by atoms with Gasteiger partial charge in [0.15, 0.2) is 0 Å². The molecule has 1 saturated carbocycles. The molecule has 0 aromatic heterocycles. The summed E-state index contributed by atoms with van der Waals surface area (Å²) in [6.45, 7) is -0.430. The Kier molecular flexibility index (Phi) is 10.2. The van der Waals surface area contributed by atoms with Gasteiger partial charge >= 0.3 is 0 Å². The summed E-state index contributed by atoms with van der Waals surface area (Å²) in [7, 11) is -3.89. The van der Waals surface area contributed by atoms with Crippen molar-refractivity contribution >= 4 is 49.9 Å². The first-order valence-electron chi connectivity index (χ1n) is 15.0. The number of carbonyl (C=O) groups excluding carboxylic acids is 2. The Labute approximate surface area is 264 Å². The monoisotopic (exact) mass is 631 g/mol. The lowest BCUT2D eigenvalue weighted by Gasteiger charge is -2.35. The summed E-state index contributed by atoms with van der Waals surface area (Å²) in [6, 6.07) is 28.7. The molecule has 2 amide bonds. The standard InChI is InChI=1S/C35H38ClN3O4S/c1-44(42,43)39(32-22-12-17-27-15-8-10-20-30(27)32)25-34(40)38(24-28-16-9-11-21-31(28)36)33(23-26-13-4-2-5-14-26)35(41)37-29-18-6-3-7-19-29/h2,4-5,8-17,20-22,29,33H,3,6-7,18-19,23-25H2,1H3,(H,37,41)/t33-/m0/s1. The van der Waals surface area contributed by atoms with Gasteiger partial charge < -0.3 is 10.2 Å². The topological polar surface area (TPSA) is 86.8 Å². The third kappa shape index (κ3) is 7.79. The van der Waals surface area contributed by atoms with Gasteiger partial charge in [-0.15, -0.1) is 0 Å². The first kappa shape index (κ1) is 31.5. The van der Waals surface area contributed by atoms with Crippen LogP contribution in [0.3, 0.4) is 0 Å². The third-order valence-electron chi connectivity index (χ3n) is 8.24. The van der Waals surface area contributed by atoms with Gasteiger partial charge in [-0.2, -0.15) is 0 Å². The lowest BCUT2D eigenvalue weighted by Crippen LogP contribution is -2.55. The van der Waals surface area contributed by atoms with Crippen LogP contribution in [0.5, 0.6) is 0 Å². The van der Waals surface area contributed by atoms with Crippen LogP contribution in [0.25, 0.3) is 10.8 Å². The number of anilines is 1. The van der Waals surface area contributed by atoms with Gasteiger partial charge in [0.25, 0.3) is 0 Å². The van der Waals surface area contributed by atoms with Crippen molar-refractivity contribution in [2.45, 2.75) is 57.2 Å². The molecule has 0 bridgehead atoms. The SMILES string of the molecule is CS(=O)(=O)N(CC(=O)N(Cc1ccccc1Cl)[C@@H](Cc1ccccc1)C(=O)NC1CCCCC1)c1cccc2ccccc12.